The number of anilines is 1. The maximum absolute atomic E-state index is 12.6. The van der Waals surface area contributed by atoms with Crippen LogP contribution in [0.5, 0.6) is 5.75 Å². The van der Waals surface area contributed by atoms with Gasteiger partial charge >= 0.3 is 10.2 Å². The van der Waals surface area contributed by atoms with E-state index in [9.17, 15) is 18.5 Å². The average molecular weight is 368 g/mol. The number of amidine groups is 1. The first kappa shape index (κ1) is 17.2. The van der Waals surface area contributed by atoms with E-state index in [0.29, 0.717) is 13.1 Å². The van der Waals surface area contributed by atoms with Crippen LogP contribution >= 0.6 is 0 Å². The molecule has 0 bridgehead atoms. The van der Waals surface area contributed by atoms with Crippen LogP contribution in [0.4, 0.5) is 5.69 Å². The lowest BCUT2D eigenvalue weighted by molar-refractivity contribution is -0.137. The number of methoxy groups -OCH3 is 1. The van der Waals surface area contributed by atoms with Crippen molar-refractivity contribution in [2.75, 3.05) is 25.5 Å². The molecule has 0 aliphatic carbocycles. The average Bonchev–Trinajstić information content (AvgIpc) is 3.21. The molecule has 2 aliphatic heterocycles. The van der Waals surface area contributed by atoms with Crippen LogP contribution in [0.2, 0.25) is 0 Å². The third-order valence-electron chi connectivity index (χ3n) is 3.78. The molecule has 2 heterocycles. The molecule has 1 aromatic rings. The van der Waals surface area contributed by atoms with E-state index in [2.05, 4.69) is 19.0 Å². The minimum absolute atomic E-state index is 0.137. The molecule has 1 aromatic carbocycles. The van der Waals surface area contributed by atoms with Crippen LogP contribution in [0.3, 0.4) is 0 Å². The summed E-state index contributed by atoms with van der Waals surface area (Å²) in [5, 5.41) is 11.9. The summed E-state index contributed by atoms with van der Waals surface area (Å²) in [5.41, 5.74) is 0.292. The van der Waals surface area contributed by atoms with Crippen LogP contribution < -0.4 is 10.2 Å². The number of carbonyl (C=O) groups excluding carboxylic acids is 1. The Labute approximate surface area is 143 Å². The summed E-state index contributed by atoms with van der Waals surface area (Å²) in [6, 6.07) is 4.57. The summed E-state index contributed by atoms with van der Waals surface area (Å²) in [5.74, 6) is -0.833. The minimum Gasteiger partial charge on any atom is -0.478 e. The normalized spacial score (nSPS) is 18.6. The lowest BCUT2D eigenvalue weighted by Gasteiger charge is -2.18. The number of likely N-dealkylation sites (tertiary alicyclic amines) is 1. The number of nitrogens with zero attached hydrogens (tertiary/aromatic N) is 3. The van der Waals surface area contributed by atoms with Gasteiger partial charge in [0.25, 0.3) is 11.8 Å². The van der Waals surface area contributed by atoms with E-state index < -0.39 is 10.2 Å². The Morgan fingerprint density at radius 2 is 2.00 bits per heavy atom. The summed E-state index contributed by atoms with van der Waals surface area (Å²) in [6.07, 6.45) is 1.84. The van der Waals surface area contributed by atoms with Crippen molar-refractivity contribution in [3.8, 4) is 5.75 Å². The highest BCUT2D eigenvalue weighted by Crippen LogP contribution is 2.31. The van der Waals surface area contributed by atoms with Crippen molar-refractivity contribution >= 4 is 33.5 Å². The molecule has 1 amide bonds. The Morgan fingerprint density at radius 1 is 1.28 bits per heavy atom. The van der Waals surface area contributed by atoms with Crippen molar-refractivity contribution in [2.24, 2.45) is 8.80 Å². The Kier molecular flexibility index (Phi) is 4.59. The molecule has 0 atom stereocenters. The number of hydrogen-bond acceptors (Lipinski definition) is 7. The molecule has 0 spiro atoms. The van der Waals surface area contributed by atoms with E-state index in [1.807, 2.05) is 0 Å². The standard InChI is InChI=1S/C14H16N4O6S/c1-23-13-12(16-25(21,22)17-13)15-10-6-4-5-9(11(10)24-20)14(19)18-7-2-3-8-18/h4-6,20H,2-3,7-8H2,1H3,(H,15,16). The van der Waals surface area contributed by atoms with Gasteiger partial charge in [0, 0.05) is 13.1 Å². The maximum Gasteiger partial charge on any atom is 0.368 e. The number of rotatable bonds is 3. The first-order chi connectivity index (χ1) is 11.9. The second kappa shape index (κ2) is 6.69. The molecule has 25 heavy (non-hydrogen) atoms. The molecule has 0 radical (unpaired) electrons. The smallest absolute Gasteiger partial charge is 0.368 e. The molecule has 3 rings (SSSR count). The van der Waals surface area contributed by atoms with E-state index in [1.54, 1.807) is 11.0 Å². The zero-order valence-electron chi connectivity index (χ0n) is 13.3. The molecule has 10 nitrogen and oxygen atoms in total. The van der Waals surface area contributed by atoms with Gasteiger partial charge in [-0.1, -0.05) is 6.07 Å². The second-order valence-electron chi connectivity index (χ2n) is 5.39. The SMILES string of the molecule is COC1=NS(=O)(=O)N=C1Nc1cccc(C(=O)N2CCCC2)c1OO. The number of benzene rings is 1. The van der Waals surface area contributed by atoms with Gasteiger partial charge in [0.2, 0.25) is 11.6 Å². The Hall–Kier alpha value is -2.66. The fraction of sp³-hybridized carbons (Fsp3) is 0.357. The van der Waals surface area contributed by atoms with Gasteiger partial charge in [0.15, 0.2) is 0 Å². The Bertz CT molecular complexity index is 858. The van der Waals surface area contributed by atoms with Crippen molar-refractivity contribution in [1.82, 2.24) is 4.90 Å². The third kappa shape index (κ3) is 3.42. The number of amides is 1. The summed E-state index contributed by atoms with van der Waals surface area (Å²) in [6.45, 7) is 1.26. The van der Waals surface area contributed by atoms with E-state index in [4.69, 9.17) is 4.74 Å². The molecule has 1 fully saturated rings. The van der Waals surface area contributed by atoms with Gasteiger partial charge in [0.1, 0.15) is 0 Å². The summed E-state index contributed by atoms with van der Waals surface area (Å²) in [7, 11) is -2.78. The molecular weight excluding hydrogens is 352 g/mol. The predicted octanol–water partition coefficient (Wildman–Crippen LogP) is 0.888. The van der Waals surface area contributed by atoms with Gasteiger partial charge in [-0.05, 0) is 25.0 Å². The lowest BCUT2D eigenvalue weighted by Crippen LogP contribution is -2.28. The van der Waals surface area contributed by atoms with Gasteiger partial charge in [-0.15, -0.1) is 8.80 Å². The monoisotopic (exact) mass is 368 g/mol. The number of hydrogen-bond donors (Lipinski definition) is 2. The topological polar surface area (TPSA) is 130 Å². The summed E-state index contributed by atoms with van der Waals surface area (Å²) in [4.78, 5) is 18.6. The molecule has 2 aliphatic rings. The molecule has 11 heteroatoms. The molecule has 2 N–H and O–H groups in total. The maximum atomic E-state index is 12.6. The fourth-order valence-corrected chi connectivity index (χ4v) is 3.42. The number of nitrogens with one attached hydrogen (secondary N) is 1. The van der Waals surface area contributed by atoms with Crippen LogP contribution in [0.1, 0.15) is 23.2 Å². The molecule has 0 saturated carbocycles. The first-order valence-corrected chi connectivity index (χ1v) is 8.85. The van der Waals surface area contributed by atoms with Gasteiger partial charge < -0.3 is 19.8 Å². The van der Waals surface area contributed by atoms with E-state index >= 15 is 0 Å². The molecule has 1 saturated heterocycles. The van der Waals surface area contributed by atoms with Gasteiger partial charge in [-0.2, -0.15) is 8.42 Å². The van der Waals surface area contributed by atoms with E-state index in [-0.39, 0.29) is 34.6 Å². The minimum atomic E-state index is -4.03. The highest BCUT2D eigenvalue weighted by Gasteiger charge is 2.28. The van der Waals surface area contributed by atoms with Crippen molar-refractivity contribution in [3.63, 3.8) is 0 Å². The lowest BCUT2D eigenvalue weighted by atomic mass is 10.1. The van der Waals surface area contributed by atoms with E-state index in [1.165, 1.54) is 19.2 Å². The summed E-state index contributed by atoms with van der Waals surface area (Å²) < 4.78 is 34.5. The van der Waals surface area contributed by atoms with Gasteiger partial charge in [-0.3, -0.25) is 4.79 Å². The van der Waals surface area contributed by atoms with Gasteiger partial charge in [-0.25, -0.2) is 5.26 Å². The molecule has 134 valence electrons. The summed E-state index contributed by atoms with van der Waals surface area (Å²) >= 11 is 0. The van der Waals surface area contributed by atoms with Crippen molar-refractivity contribution < 1.29 is 28.1 Å². The van der Waals surface area contributed by atoms with Crippen molar-refractivity contribution in [3.05, 3.63) is 23.8 Å². The highest BCUT2D eigenvalue weighted by molar-refractivity contribution is 7.89. The Morgan fingerprint density at radius 3 is 2.64 bits per heavy atom. The van der Waals surface area contributed by atoms with Crippen molar-refractivity contribution in [2.45, 2.75) is 12.8 Å². The van der Waals surface area contributed by atoms with Crippen LogP contribution in [0.25, 0.3) is 0 Å². The number of carbonyl (C=O) groups is 1. The second-order valence-corrected chi connectivity index (χ2v) is 6.65. The van der Waals surface area contributed by atoms with Crippen molar-refractivity contribution in [1.29, 1.82) is 0 Å². The number of ether oxygens (including phenoxy) is 1. The van der Waals surface area contributed by atoms with E-state index in [0.717, 1.165) is 12.8 Å². The third-order valence-corrected chi connectivity index (χ3v) is 4.59. The van der Waals surface area contributed by atoms with Crippen LogP contribution in [-0.2, 0) is 14.9 Å². The zero-order chi connectivity index (χ0) is 18.0. The van der Waals surface area contributed by atoms with Crippen LogP contribution in [-0.4, -0.2) is 56.4 Å². The fourth-order valence-electron chi connectivity index (χ4n) is 2.65. The predicted molar refractivity (Wildman–Crippen MR) is 89.3 cm³/mol. The first-order valence-electron chi connectivity index (χ1n) is 7.45. The Balaban J connectivity index is 1.94. The zero-order valence-corrected chi connectivity index (χ0v) is 14.1. The molecule has 0 aromatic heterocycles. The van der Waals surface area contributed by atoms with Crippen LogP contribution in [0, 0.1) is 0 Å². The molecular formula is C14H16N4O6S. The largest absolute Gasteiger partial charge is 0.478 e. The quantitative estimate of drug-likeness (QED) is 0.598. The van der Waals surface area contributed by atoms with Crippen LogP contribution in [0.15, 0.2) is 27.0 Å². The highest BCUT2D eigenvalue weighted by atomic mass is 32.2. The van der Waals surface area contributed by atoms with Gasteiger partial charge in [0.05, 0.1) is 18.4 Å². The number of para-hydroxylation sites is 1. The molecule has 0 unspecified atom stereocenters.